The molecular formula is C23H22F4N6O3. The second kappa shape index (κ2) is 10.3. The van der Waals surface area contributed by atoms with E-state index in [1.807, 2.05) is 0 Å². The molecule has 3 heterocycles. The number of carbonyl (C=O) groups is 1. The van der Waals surface area contributed by atoms with Gasteiger partial charge >= 0.3 is 6.18 Å². The van der Waals surface area contributed by atoms with E-state index in [4.69, 9.17) is 9.15 Å². The number of nitrogens with one attached hydrogen (secondary N) is 2. The number of nitrogens with zero attached hydrogens (tertiary/aromatic N) is 4. The Morgan fingerprint density at radius 3 is 2.75 bits per heavy atom. The first-order valence-electron chi connectivity index (χ1n) is 10.8. The minimum atomic E-state index is -4.40. The molecule has 3 aromatic rings. The van der Waals surface area contributed by atoms with Crippen molar-refractivity contribution in [3.63, 3.8) is 0 Å². The van der Waals surface area contributed by atoms with Crippen molar-refractivity contribution in [1.82, 2.24) is 20.2 Å². The van der Waals surface area contributed by atoms with Gasteiger partial charge in [0.05, 0.1) is 23.5 Å². The Labute approximate surface area is 202 Å². The lowest BCUT2D eigenvalue weighted by Gasteiger charge is -2.35. The highest BCUT2D eigenvalue weighted by molar-refractivity contribution is 6.04. The van der Waals surface area contributed by atoms with Crippen molar-refractivity contribution in [3.05, 3.63) is 60.2 Å². The standard InChI is InChI=1S/C23H22F4N6O3/c1-13(10-29-28-2)18-6-7-19(36-18)22(34)31-17-11-33(14-8-15(9-14)35-12-23(25,26)27)32-21(17)16-4-3-5-20(24)30-16/h3-7,10-11,14-15,29H,2,8-9,12H2,1H3,(H,31,34)/b13-10+/t14-,15+. The number of hydrogen-bond acceptors (Lipinski definition) is 7. The summed E-state index contributed by atoms with van der Waals surface area (Å²) in [5.41, 5.74) is 3.86. The lowest BCUT2D eigenvalue weighted by molar-refractivity contribution is -0.196. The van der Waals surface area contributed by atoms with Crippen LogP contribution in [0.3, 0.4) is 0 Å². The number of allylic oxidation sites excluding steroid dienone is 1. The van der Waals surface area contributed by atoms with Gasteiger partial charge in [0.2, 0.25) is 5.95 Å². The number of furan rings is 1. The third-order valence-corrected chi connectivity index (χ3v) is 5.46. The van der Waals surface area contributed by atoms with Gasteiger partial charge in [-0.05, 0) is 44.0 Å². The number of halogens is 4. The molecule has 0 unspecified atom stereocenters. The first-order valence-corrected chi connectivity index (χ1v) is 10.8. The highest BCUT2D eigenvalue weighted by Gasteiger charge is 2.37. The molecule has 0 spiro atoms. The van der Waals surface area contributed by atoms with E-state index in [2.05, 4.69) is 32.6 Å². The Morgan fingerprint density at radius 2 is 2.06 bits per heavy atom. The first-order chi connectivity index (χ1) is 17.1. The summed E-state index contributed by atoms with van der Waals surface area (Å²) < 4.78 is 62.9. The van der Waals surface area contributed by atoms with Crippen LogP contribution in [0.2, 0.25) is 0 Å². The molecule has 0 aromatic carbocycles. The number of hydrazone groups is 1. The zero-order valence-electron chi connectivity index (χ0n) is 19.1. The predicted molar refractivity (Wildman–Crippen MR) is 122 cm³/mol. The summed E-state index contributed by atoms with van der Waals surface area (Å²) in [4.78, 5) is 16.7. The topological polar surface area (TPSA) is 107 Å². The minimum absolute atomic E-state index is 0.0134. The molecule has 0 saturated heterocycles. The molecular weight excluding hydrogens is 484 g/mol. The fourth-order valence-corrected chi connectivity index (χ4v) is 3.57. The van der Waals surface area contributed by atoms with E-state index in [1.165, 1.54) is 35.1 Å². The number of carbonyl (C=O) groups excluding carboxylic acids is 1. The monoisotopic (exact) mass is 506 g/mol. The maximum absolute atomic E-state index is 13.8. The van der Waals surface area contributed by atoms with Gasteiger partial charge in [-0.3, -0.25) is 14.9 Å². The molecule has 9 nitrogen and oxygen atoms in total. The van der Waals surface area contributed by atoms with Gasteiger partial charge in [0.1, 0.15) is 18.1 Å². The molecule has 0 bridgehead atoms. The van der Waals surface area contributed by atoms with Crippen LogP contribution in [-0.4, -0.2) is 46.3 Å². The number of rotatable bonds is 9. The predicted octanol–water partition coefficient (Wildman–Crippen LogP) is 4.78. The minimum Gasteiger partial charge on any atom is -0.451 e. The van der Waals surface area contributed by atoms with Crippen LogP contribution in [0.15, 0.2) is 52.2 Å². The van der Waals surface area contributed by atoms with E-state index in [0.717, 1.165) is 0 Å². The van der Waals surface area contributed by atoms with Crippen molar-refractivity contribution in [2.75, 3.05) is 11.9 Å². The van der Waals surface area contributed by atoms with E-state index in [0.29, 0.717) is 24.2 Å². The van der Waals surface area contributed by atoms with Gasteiger partial charge in [-0.2, -0.15) is 27.8 Å². The molecule has 3 aromatic heterocycles. The molecule has 0 atom stereocenters. The van der Waals surface area contributed by atoms with Crippen LogP contribution in [0.5, 0.6) is 0 Å². The van der Waals surface area contributed by atoms with Gasteiger partial charge in [-0.25, -0.2) is 4.98 Å². The molecule has 1 amide bonds. The Kier molecular flexibility index (Phi) is 7.20. The summed E-state index contributed by atoms with van der Waals surface area (Å²) in [5.74, 6) is -0.872. The molecule has 1 aliphatic rings. The molecule has 4 rings (SSSR count). The van der Waals surface area contributed by atoms with E-state index in [9.17, 15) is 22.4 Å². The van der Waals surface area contributed by atoms with Crippen LogP contribution >= 0.6 is 0 Å². The van der Waals surface area contributed by atoms with Crippen molar-refractivity contribution in [2.45, 2.75) is 38.1 Å². The van der Waals surface area contributed by atoms with Crippen molar-refractivity contribution >= 4 is 23.9 Å². The van der Waals surface area contributed by atoms with Gasteiger partial charge in [0.25, 0.3) is 5.91 Å². The second-order valence-electron chi connectivity index (χ2n) is 8.12. The van der Waals surface area contributed by atoms with E-state index >= 15 is 0 Å². The molecule has 1 saturated carbocycles. The number of alkyl halides is 3. The fraction of sp³-hybridized carbons (Fsp3) is 0.304. The van der Waals surface area contributed by atoms with Gasteiger partial charge in [0.15, 0.2) is 5.76 Å². The van der Waals surface area contributed by atoms with Crippen LogP contribution in [0, 0.1) is 5.95 Å². The van der Waals surface area contributed by atoms with Gasteiger partial charge in [-0.1, -0.05) is 6.07 Å². The molecule has 2 N–H and O–H groups in total. The Bertz CT molecular complexity index is 1280. The van der Waals surface area contributed by atoms with Crippen molar-refractivity contribution in [2.24, 2.45) is 5.10 Å². The van der Waals surface area contributed by atoms with Crippen LogP contribution in [0.25, 0.3) is 17.0 Å². The molecule has 1 aliphatic carbocycles. The van der Waals surface area contributed by atoms with Crippen LogP contribution in [0.1, 0.15) is 42.1 Å². The molecule has 0 aliphatic heterocycles. The van der Waals surface area contributed by atoms with Gasteiger partial charge in [-0.15, -0.1) is 0 Å². The normalized spacial score (nSPS) is 18.0. The van der Waals surface area contributed by atoms with Crippen LogP contribution in [-0.2, 0) is 4.74 Å². The fourth-order valence-electron chi connectivity index (χ4n) is 3.57. The van der Waals surface area contributed by atoms with Crippen molar-refractivity contribution in [3.8, 4) is 11.4 Å². The second-order valence-corrected chi connectivity index (χ2v) is 8.12. The summed E-state index contributed by atoms with van der Waals surface area (Å²) in [6, 6.07) is 7.00. The summed E-state index contributed by atoms with van der Waals surface area (Å²) in [7, 11) is 0. The third kappa shape index (κ3) is 5.97. The summed E-state index contributed by atoms with van der Waals surface area (Å²) in [5, 5.41) is 10.6. The lowest BCUT2D eigenvalue weighted by atomic mass is 9.89. The quantitative estimate of drug-likeness (QED) is 0.187. The molecule has 1 fully saturated rings. The van der Waals surface area contributed by atoms with Crippen LogP contribution < -0.4 is 10.7 Å². The zero-order chi connectivity index (χ0) is 25.9. The average molecular weight is 506 g/mol. The van der Waals surface area contributed by atoms with Crippen molar-refractivity contribution < 1.29 is 31.5 Å². The Morgan fingerprint density at radius 1 is 1.31 bits per heavy atom. The third-order valence-electron chi connectivity index (χ3n) is 5.46. The molecule has 36 heavy (non-hydrogen) atoms. The lowest BCUT2D eigenvalue weighted by Crippen LogP contribution is -2.36. The number of amides is 1. The van der Waals surface area contributed by atoms with E-state index in [1.54, 1.807) is 19.2 Å². The molecule has 0 radical (unpaired) electrons. The van der Waals surface area contributed by atoms with Gasteiger partial charge < -0.3 is 14.5 Å². The maximum Gasteiger partial charge on any atom is 0.411 e. The zero-order valence-corrected chi connectivity index (χ0v) is 19.1. The number of pyridine rings is 1. The average Bonchev–Trinajstić information content (AvgIpc) is 3.43. The number of aromatic nitrogens is 3. The summed E-state index contributed by atoms with van der Waals surface area (Å²) >= 11 is 0. The van der Waals surface area contributed by atoms with Crippen molar-refractivity contribution in [1.29, 1.82) is 0 Å². The summed E-state index contributed by atoms with van der Waals surface area (Å²) in [6.45, 7) is 3.74. The molecule has 13 heteroatoms. The number of anilines is 1. The first kappa shape index (κ1) is 25.1. The van der Waals surface area contributed by atoms with E-state index < -0.39 is 30.7 Å². The SMILES string of the molecule is C=NN/C=C(\C)c1ccc(C(=O)Nc2cn([C@H]3C[C@@H](OCC(F)(F)F)C3)nc2-c2cccc(F)n2)o1. The smallest absolute Gasteiger partial charge is 0.411 e. The van der Waals surface area contributed by atoms with Gasteiger partial charge in [0, 0.05) is 24.7 Å². The Hall–Kier alpha value is -4.00. The largest absolute Gasteiger partial charge is 0.451 e. The number of hydrogen-bond donors (Lipinski definition) is 2. The Balaban J connectivity index is 1.53. The van der Waals surface area contributed by atoms with E-state index in [-0.39, 0.29) is 28.9 Å². The maximum atomic E-state index is 13.8. The highest BCUT2D eigenvalue weighted by atomic mass is 19.4. The number of ether oxygens (including phenoxy) is 1. The molecule has 190 valence electrons. The van der Waals surface area contributed by atoms with Crippen LogP contribution in [0.4, 0.5) is 23.2 Å². The highest BCUT2D eigenvalue weighted by Crippen LogP contribution is 2.37. The summed E-state index contributed by atoms with van der Waals surface area (Å²) in [6.07, 6.45) is -1.26.